The SMILES string of the molecule is CN(C)c1ccc(-c2nc3c(s2)C(O)CCC3)c(Br)c1. The molecular weight excluding hydrogens is 336 g/mol. The predicted molar refractivity (Wildman–Crippen MR) is 87.5 cm³/mol. The van der Waals surface area contributed by atoms with Crippen LogP contribution in [-0.2, 0) is 6.42 Å². The van der Waals surface area contributed by atoms with E-state index in [-0.39, 0.29) is 6.10 Å². The van der Waals surface area contributed by atoms with Gasteiger partial charge >= 0.3 is 0 Å². The summed E-state index contributed by atoms with van der Waals surface area (Å²) in [5.74, 6) is 0. The first-order valence-corrected chi connectivity index (χ1v) is 8.32. The Balaban J connectivity index is 2.01. The molecule has 1 N–H and O–H groups in total. The summed E-state index contributed by atoms with van der Waals surface area (Å²) in [6.07, 6.45) is 2.54. The molecule has 106 valence electrons. The second-order valence-electron chi connectivity index (χ2n) is 5.30. The van der Waals surface area contributed by atoms with Crippen molar-refractivity contribution in [2.45, 2.75) is 25.4 Å². The molecule has 0 bridgehead atoms. The fourth-order valence-corrected chi connectivity index (χ4v) is 4.33. The minimum Gasteiger partial charge on any atom is -0.388 e. The quantitative estimate of drug-likeness (QED) is 0.886. The van der Waals surface area contributed by atoms with Crippen LogP contribution in [-0.4, -0.2) is 24.2 Å². The van der Waals surface area contributed by atoms with Crippen molar-refractivity contribution in [3.8, 4) is 10.6 Å². The summed E-state index contributed by atoms with van der Waals surface area (Å²) in [7, 11) is 4.06. The molecule has 1 atom stereocenters. The first kappa shape index (κ1) is 14.0. The van der Waals surface area contributed by atoms with E-state index < -0.39 is 0 Å². The van der Waals surface area contributed by atoms with Gasteiger partial charge in [-0.2, -0.15) is 0 Å². The van der Waals surface area contributed by atoms with Gasteiger partial charge in [-0.3, -0.25) is 0 Å². The van der Waals surface area contributed by atoms with E-state index in [2.05, 4.69) is 39.0 Å². The van der Waals surface area contributed by atoms with Gasteiger partial charge in [0, 0.05) is 29.8 Å². The zero-order valence-corrected chi connectivity index (χ0v) is 14.0. The number of aliphatic hydroxyl groups is 1. The largest absolute Gasteiger partial charge is 0.388 e. The standard InChI is InChI=1S/C15H17BrN2OS/c1-18(2)9-6-7-10(11(16)8-9)15-17-12-4-3-5-13(19)14(12)20-15/h6-8,13,19H,3-5H2,1-2H3. The van der Waals surface area contributed by atoms with Crippen LogP contribution in [0.4, 0.5) is 5.69 Å². The number of hydrogen-bond donors (Lipinski definition) is 1. The van der Waals surface area contributed by atoms with Crippen molar-refractivity contribution in [1.29, 1.82) is 0 Å². The van der Waals surface area contributed by atoms with Crippen molar-refractivity contribution in [2.24, 2.45) is 0 Å². The minimum atomic E-state index is -0.329. The van der Waals surface area contributed by atoms with Crippen LogP contribution >= 0.6 is 27.3 Å². The van der Waals surface area contributed by atoms with Crippen LogP contribution in [0.3, 0.4) is 0 Å². The van der Waals surface area contributed by atoms with E-state index in [9.17, 15) is 5.11 Å². The van der Waals surface area contributed by atoms with Crippen LogP contribution in [0.1, 0.15) is 29.5 Å². The van der Waals surface area contributed by atoms with Crippen molar-refractivity contribution in [3.05, 3.63) is 33.2 Å². The van der Waals surface area contributed by atoms with Gasteiger partial charge in [0.25, 0.3) is 0 Å². The van der Waals surface area contributed by atoms with Crippen LogP contribution in [0.2, 0.25) is 0 Å². The van der Waals surface area contributed by atoms with Gasteiger partial charge < -0.3 is 10.0 Å². The van der Waals surface area contributed by atoms with E-state index in [0.29, 0.717) is 0 Å². The molecule has 2 aromatic rings. The van der Waals surface area contributed by atoms with Crippen LogP contribution in [0.15, 0.2) is 22.7 Å². The van der Waals surface area contributed by atoms with Crippen LogP contribution < -0.4 is 4.90 Å². The maximum atomic E-state index is 10.1. The number of aryl methyl sites for hydroxylation is 1. The second-order valence-corrected chi connectivity index (χ2v) is 7.18. The number of anilines is 1. The average Bonchev–Trinajstić information content (AvgIpc) is 2.83. The van der Waals surface area contributed by atoms with Gasteiger partial charge in [0.15, 0.2) is 0 Å². The van der Waals surface area contributed by atoms with Gasteiger partial charge in [-0.15, -0.1) is 11.3 Å². The van der Waals surface area contributed by atoms with E-state index in [1.165, 1.54) is 0 Å². The zero-order chi connectivity index (χ0) is 14.3. The van der Waals surface area contributed by atoms with E-state index in [1.54, 1.807) is 11.3 Å². The highest BCUT2D eigenvalue weighted by Crippen LogP contribution is 2.40. The van der Waals surface area contributed by atoms with Gasteiger partial charge in [0.2, 0.25) is 0 Å². The molecule has 0 spiro atoms. The maximum absolute atomic E-state index is 10.1. The Morgan fingerprint density at radius 1 is 1.40 bits per heavy atom. The average molecular weight is 353 g/mol. The lowest BCUT2D eigenvalue weighted by Gasteiger charge is -2.14. The summed E-state index contributed by atoms with van der Waals surface area (Å²) in [6.45, 7) is 0. The molecule has 3 nitrogen and oxygen atoms in total. The van der Waals surface area contributed by atoms with Crippen LogP contribution in [0.5, 0.6) is 0 Å². The highest BCUT2D eigenvalue weighted by molar-refractivity contribution is 9.10. The third-order valence-electron chi connectivity index (χ3n) is 3.62. The molecule has 3 rings (SSSR count). The Morgan fingerprint density at radius 2 is 2.20 bits per heavy atom. The van der Waals surface area contributed by atoms with Crippen molar-refractivity contribution < 1.29 is 5.11 Å². The van der Waals surface area contributed by atoms with Gasteiger partial charge in [0.05, 0.1) is 16.7 Å². The number of rotatable bonds is 2. The smallest absolute Gasteiger partial charge is 0.125 e. The molecule has 1 unspecified atom stereocenters. The monoisotopic (exact) mass is 352 g/mol. The van der Waals surface area contributed by atoms with E-state index in [1.807, 2.05) is 14.1 Å². The Morgan fingerprint density at radius 3 is 2.85 bits per heavy atom. The molecule has 0 fully saturated rings. The minimum absolute atomic E-state index is 0.329. The summed E-state index contributed by atoms with van der Waals surface area (Å²) < 4.78 is 1.05. The second kappa shape index (κ2) is 5.47. The lowest BCUT2D eigenvalue weighted by atomic mass is 10.0. The molecule has 1 aliphatic rings. The number of aromatic nitrogens is 1. The molecule has 20 heavy (non-hydrogen) atoms. The highest BCUT2D eigenvalue weighted by Gasteiger charge is 2.23. The van der Waals surface area contributed by atoms with Gasteiger partial charge in [0.1, 0.15) is 5.01 Å². The molecule has 0 saturated carbocycles. The van der Waals surface area contributed by atoms with Crippen molar-refractivity contribution in [2.75, 3.05) is 19.0 Å². The third-order valence-corrected chi connectivity index (χ3v) is 5.51. The molecule has 1 aromatic heterocycles. The fourth-order valence-electron chi connectivity index (χ4n) is 2.47. The molecule has 1 aromatic carbocycles. The third kappa shape index (κ3) is 2.50. The number of halogens is 1. The summed E-state index contributed by atoms with van der Waals surface area (Å²) in [5.41, 5.74) is 3.33. The lowest BCUT2D eigenvalue weighted by molar-refractivity contribution is 0.160. The molecule has 0 radical (unpaired) electrons. The maximum Gasteiger partial charge on any atom is 0.125 e. The predicted octanol–water partition coefficient (Wildman–Crippen LogP) is 4.01. The molecule has 0 aliphatic heterocycles. The molecule has 0 saturated heterocycles. The topological polar surface area (TPSA) is 36.4 Å². The van der Waals surface area contributed by atoms with Gasteiger partial charge in [-0.1, -0.05) is 0 Å². The van der Waals surface area contributed by atoms with Gasteiger partial charge in [-0.05, 0) is 53.4 Å². The van der Waals surface area contributed by atoms with E-state index >= 15 is 0 Å². The number of benzene rings is 1. The Labute approximate surface area is 131 Å². The summed E-state index contributed by atoms with van der Waals surface area (Å²) in [4.78, 5) is 7.85. The normalized spacial score (nSPS) is 17.9. The summed E-state index contributed by atoms with van der Waals surface area (Å²) >= 11 is 5.26. The molecular formula is C15H17BrN2OS. The Hall–Kier alpha value is -0.910. The molecule has 1 heterocycles. The highest BCUT2D eigenvalue weighted by atomic mass is 79.9. The van der Waals surface area contributed by atoms with E-state index in [0.717, 1.165) is 50.6 Å². The lowest BCUT2D eigenvalue weighted by Crippen LogP contribution is -2.08. The molecule has 1 aliphatic carbocycles. The number of fused-ring (bicyclic) bond motifs is 1. The first-order valence-electron chi connectivity index (χ1n) is 6.71. The van der Waals surface area contributed by atoms with Crippen LogP contribution in [0, 0.1) is 0 Å². The molecule has 0 amide bonds. The number of nitrogens with zero attached hydrogens (tertiary/aromatic N) is 2. The number of aliphatic hydroxyl groups excluding tert-OH is 1. The van der Waals surface area contributed by atoms with Crippen LogP contribution in [0.25, 0.3) is 10.6 Å². The Bertz CT molecular complexity index is 639. The van der Waals surface area contributed by atoms with Crippen molar-refractivity contribution in [3.63, 3.8) is 0 Å². The fraction of sp³-hybridized carbons (Fsp3) is 0.400. The first-order chi connectivity index (χ1) is 9.56. The number of hydrogen-bond acceptors (Lipinski definition) is 4. The Kier molecular flexibility index (Phi) is 3.84. The van der Waals surface area contributed by atoms with Crippen molar-refractivity contribution >= 4 is 33.0 Å². The number of thiazole rings is 1. The summed E-state index contributed by atoms with van der Waals surface area (Å²) in [6, 6.07) is 6.29. The zero-order valence-electron chi connectivity index (χ0n) is 11.6. The summed E-state index contributed by atoms with van der Waals surface area (Å²) in [5, 5.41) is 11.1. The van der Waals surface area contributed by atoms with Gasteiger partial charge in [-0.25, -0.2) is 4.98 Å². The van der Waals surface area contributed by atoms with E-state index in [4.69, 9.17) is 4.98 Å². The molecule has 5 heteroatoms. The van der Waals surface area contributed by atoms with Crippen molar-refractivity contribution in [1.82, 2.24) is 4.98 Å².